The highest BCUT2D eigenvalue weighted by Gasteiger charge is 2.31. The Bertz CT molecular complexity index is 687. The predicted octanol–water partition coefficient (Wildman–Crippen LogP) is 2.51. The summed E-state index contributed by atoms with van der Waals surface area (Å²) in [5.74, 6) is -1.22. The van der Waals surface area contributed by atoms with Crippen molar-refractivity contribution in [1.82, 2.24) is 4.90 Å². The third kappa shape index (κ3) is 3.59. The second kappa shape index (κ2) is 6.65. The summed E-state index contributed by atoms with van der Waals surface area (Å²) >= 11 is 0. The second-order valence-electron chi connectivity index (χ2n) is 5.95. The molecule has 0 atom stereocenters. The summed E-state index contributed by atoms with van der Waals surface area (Å²) < 4.78 is 0. The van der Waals surface area contributed by atoms with E-state index in [1.807, 2.05) is 54.6 Å². The molecule has 0 aliphatic heterocycles. The number of amides is 1. The zero-order valence-corrected chi connectivity index (χ0v) is 12.8. The number of hydrogen-bond acceptors (Lipinski definition) is 2. The van der Waals surface area contributed by atoms with Crippen molar-refractivity contribution in [1.29, 1.82) is 0 Å². The Morgan fingerprint density at radius 3 is 2.09 bits per heavy atom. The lowest BCUT2D eigenvalue weighted by atomic mass is 10.0. The van der Waals surface area contributed by atoms with Gasteiger partial charge in [-0.3, -0.25) is 9.59 Å². The van der Waals surface area contributed by atoms with E-state index >= 15 is 0 Å². The zero-order valence-electron chi connectivity index (χ0n) is 12.8. The monoisotopic (exact) mass is 309 g/mol. The highest BCUT2D eigenvalue weighted by Crippen LogP contribution is 2.28. The van der Waals surface area contributed by atoms with E-state index in [2.05, 4.69) is 0 Å². The number of hydrogen-bond donors (Lipinski definition) is 1. The molecule has 1 amide bonds. The molecular weight excluding hydrogens is 290 g/mol. The first-order chi connectivity index (χ1) is 11.1. The van der Waals surface area contributed by atoms with Gasteiger partial charge in [0.25, 0.3) is 0 Å². The van der Waals surface area contributed by atoms with E-state index in [1.54, 1.807) is 0 Å². The molecule has 1 N–H and O–H groups in total. The van der Waals surface area contributed by atoms with Gasteiger partial charge in [-0.25, -0.2) is 0 Å². The van der Waals surface area contributed by atoms with E-state index in [1.165, 1.54) is 16.0 Å². The number of rotatable bonds is 5. The van der Waals surface area contributed by atoms with Crippen LogP contribution in [0.5, 0.6) is 0 Å². The maximum absolute atomic E-state index is 12.8. The lowest BCUT2D eigenvalue weighted by Crippen LogP contribution is -2.39. The molecule has 0 saturated carbocycles. The van der Waals surface area contributed by atoms with Crippen LogP contribution in [0, 0.1) is 5.92 Å². The van der Waals surface area contributed by atoms with Crippen LogP contribution in [-0.4, -0.2) is 28.4 Å². The Morgan fingerprint density at radius 1 is 0.957 bits per heavy atom. The minimum Gasteiger partial charge on any atom is -0.480 e. The van der Waals surface area contributed by atoms with E-state index in [-0.39, 0.29) is 18.4 Å². The minimum absolute atomic E-state index is 0.0764. The molecule has 0 aromatic heterocycles. The molecule has 0 spiro atoms. The van der Waals surface area contributed by atoms with Gasteiger partial charge < -0.3 is 10.0 Å². The van der Waals surface area contributed by atoms with Crippen LogP contribution < -0.4 is 0 Å². The molecule has 3 rings (SSSR count). The normalized spacial score (nSPS) is 13.6. The number of carbonyl (C=O) groups excluding carboxylic acids is 1. The van der Waals surface area contributed by atoms with Crippen LogP contribution in [0.4, 0.5) is 0 Å². The molecule has 0 heterocycles. The van der Waals surface area contributed by atoms with Crippen molar-refractivity contribution in [3.63, 3.8) is 0 Å². The van der Waals surface area contributed by atoms with Gasteiger partial charge in [-0.2, -0.15) is 0 Å². The molecule has 23 heavy (non-hydrogen) atoms. The van der Waals surface area contributed by atoms with Gasteiger partial charge in [-0.1, -0.05) is 54.6 Å². The van der Waals surface area contributed by atoms with Crippen molar-refractivity contribution in [2.24, 2.45) is 5.92 Å². The third-order valence-electron chi connectivity index (χ3n) is 4.25. The van der Waals surface area contributed by atoms with E-state index in [0.29, 0.717) is 19.4 Å². The largest absolute Gasteiger partial charge is 0.480 e. The smallest absolute Gasteiger partial charge is 0.323 e. The molecule has 4 heteroatoms. The molecule has 2 aromatic carbocycles. The lowest BCUT2D eigenvalue weighted by Gasteiger charge is -2.24. The number of carbonyl (C=O) groups is 2. The quantitative estimate of drug-likeness (QED) is 0.923. The Labute approximate surface area is 135 Å². The van der Waals surface area contributed by atoms with Crippen LogP contribution in [0.3, 0.4) is 0 Å². The number of benzene rings is 2. The highest BCUT2D eigenvalue weighted by molar-refractivity contribution is 5.84. The van der Waals surface area contributed by atoms with Gasteiger partial charge in [0, 0.05) is 12.5 Å². The van der Waals surface area contributed by atoms with Crippen LogP contribution in [-0.2, 0) is 29.0 Å². The molecule has 0 radical (unpaired) electrons. The van der Waals surface area contributed by atoms with Crippen molar-refractivity contribution in [3.8, 4) is 0 Å². The Hall–Kier alpha value is -2.62. The third-order valence-corrected chi connectivity index (χ3v) is 4.25. The number of carboxylic acid groups (broad SMARTS) is 1. The van der Waals surface area contributed by atoms with Gasteiger partial charge in [-0.05, 0) is 29.5 Å². The summed E-state index contributed by atoms with van der Waals surface area (Å²) in [7, 11) is 0. The molecular formula is C19H19NO3. The maximum atomic E-state index is 12.8. The fraction of sp³-hybridized carbons (Fsp3) is 0.263. The van der Waals surface area contributed by atoms with Gasteiger partial charge in [0.05, 0.1) is 0 Å². The van der Waals surface area contributed by atoms with Crippen LogP contribution in [0.1, 0.15) is 16.7 Å². The van der Waals surface area contributed by atoms with Crippen LogP contribution in [0.25, 0.3) is 0 Å². The highest BCUT2D eigenvalue weighted by atomic mass is 16.4. The van der Waals surface area contributed by atoms with Crippen molar-refractivity contribution >= 4 is 11.9 Å². The molecule has 1 aliphatic rings. The molecule has 0 fully saturated rings. The fourth-order valence-corrected chi connectivity index (χ4v) is 3.17. The van der Waals surface area contributed by atoms with Crippen molar-refractivity contribution in [3.05, 3.63) is 71.3 Å². The molecule has 118 valence electrons. The summed E-state index contributed by atoms with van der Waals surface area (Å²) in [4.78, 5) is 25.4. The number of nitrogens with zero attached hydrogens (tertiary/aromatic N) is 1. The molecule has 0 saturated heterocycles. The zero-order chi connectivity index (χ0) is 16.2. The Morgan fingerprint density at radius 2 is 1.52 bits per heavy atom. The summed E-state index contributed by atoms with van der Waals surface area (Å²) in [6.45, 7) is 0.0688. The Balaban J connectivity index is 1.75. The summed E-state index contributed by atoms with van der Waals surface area (Å²) in [6.07, 6.45) is 1.39. The van der Waals surface area contributed by atoms with Crippen LogP contribution in [0.15, 0.2) is 54.6 Å². The second-order valence-corrected chi connectivity index (χ2v) is 5.95. The summed E-state index contributed by atoms with van der Waals surface area (Å²) in [5.41, 5.74) is 3.33. The fourth-order valence-electron chi connectivity index (χ4n) is 3.17. The van der Waals surface area contributed by atoms with Crippen molar-refractivity contribution in [2.45, 2.75) is 19.4 Å². The lowest BCUT2D eigenvalue weighted by molar-refractivity contribution is -0.146. The Kier molecular flexibility index (Phi) is 4.42. The van der Waals surface area contributed by atoms with Gasteiger partial charge in [0.15, 0.2) is 0 Å². The number of fused-ring (bicyclic) bond motifs is 1. The van der Waals surface area contributed by atoms with E-state index < -0.39 is 5.97 Å². The van der Waals surface area contributed by atoms with E-state index in [0.717, 1.165) is 5.56 Å². The summed E-state index contributed by atoms with van der Waals surface area (Å²) in [6, 6.07) is 17.5. The average molecular weight is 309 g/mol. The van der Waals surface area contributed by atoms with Gasteiger partial charge in [-0.15, -0.1) is 0 Å². The van der Waals surface area contributed by atoms with E-state index in [9.17, 15) is 9.59 Å². The topological polar surface area (TPSA) is 57.6 Å². The number of carboxylic acids is 1. The van der Waals surface area contributed by atoms with Crippen LogP contribution >= 0.6 is 0 Å². The molecule has 1 aliphatic carbocycles. The molecule has 0 bridgehead atoms. The standard InChI is InChI=1S/C19H19NO3/c21-18(22)13-20(12-14-6-2-1-3-7-14)19(23)17-10-15-8-4-5-9-16(15)11-17/h1-9,17H,10-13H2,(H,21,22). The van der Waals surface area contributed by atoms with Gasteiger partial charge in [0.1, 0.15) is 6.54 Å². The minimum atomic E-state index is -0.982. The van der Waals surface area contributed by atoms with Gasteiger partial charge in [0.2, 0.25) is 5.91 Å². The number of aliphatic carboxylic acids is 1. The summed E-state index contributed by atoms with van der Waals surface area (Å²) in [5, 5.41) is 9.13. The molecule has 0 unspecified atom stereocenters. The van der Waals surface area contributed by atoms with Crippen molar-refractivity contribution < 1.29 is 14.7 Å². The van der Waals surface area contributed by atoms with Crippen LogP contribution in [0.2, 0.25) is 0 Å². The molecule has 4 nitrogen and oxygen atoms in total. The SMILES string of the molecule is O=C(O)CN(Cc1ccccc1)C(=O)C1Cc2ccccc2C1. The molecule has 2 aromatic rings. The van der Waals surface area contributed by atoms with Gasteiger partial charge >= 0.3 is 5.97 Å². The van der Waals surface area contributed by atoms with Crippen molar-refractivity contribution in [2.75, 3.05) is 6.54 Å². The van der Waals surface area contributed by atoms with E-state index in [4.69, 9.17) is 5.11 Å². The average Bonchev–Trinajstić information content (AvgIpc) is 2.98. The first kappa shape index (κ1) is 15.3. The predicted molar refractivity (Wildman–Crippen MR) is 86.8 cm³/mol. The first-order valence-electron chi connectivity index (χ1n) is 7.75. The first-order valence-corrected chi connectivity index (χ1v) is 7.75. The maximum Gasteiger partial charge on any atom is 0.323 e.